The zero-order chi connectivity index (χ0) is 15.4. The van der Waals surface area contributed by atoms with Crippen molar-refractivity contribution in [3.8, 4) is 0 Å². The van der Waals surface area contributed by atoms with Crippen LogP contribution in [0, 0.1) is 19.8 Å². The summed E-state index contributed by atoms with van der Waals surface area (Å²) in [5, 5.41) is 3.06. The fourth-order valence-electron chi connectivity index (χ4n) is 3.29. The number of hydrogen-bond donors (Lipinski definition) is 2. The second-order valence-corrected chi connectivity index (χ2v) is 6.21. The molecular formula is C17H28ClN3O. The Labute approximate surface area is 139 Å². The van der Waals surface area contributed by atoms with E-state index in [0.717, 1.165) is 29.8 Å². The molecule has 2 atom stereocenters. The second-order valence-electron chi connectivity index (χ2n) is 6.21. The van der Waals surface area contributed by atoms with Crippen molar-refractivity contribution in [3.63, 3.8) is 0 Å². The number of aryl methyl sites for hydroxylation is 2. The lowest BCUT2D eigenvalue weighted by molar-refractivity contribution is -0.118. The molecule has 0 radical (unpaired) electrons. The molecule has 1 fully saturated rings. The number of benzene rings is 1. The Morgan fingerprint density at radius 3 is 2.59 bits per heavy atom. The van der Waals surface area contributed by atoms with Gasteiger partial charge >= 0.3 is 0 Å². The molecule has 1 heterocycles. The van der Waals surface area contributed by atoms with Crippen LogP contribution >= 0.6 is 12.4 Å². The van der Waals surface area contributed by atoms with E-state index in [9.17, 15) is 4.79 Å². The maximum atomic E-state index is 12.4. The van der Waals surface area contributed by atoms with Gasteiger partial charge in [-0.2, -0.15) is 0 Å². The number of anilines is 1. The number of hydrogen-bond acceptors (Lipinski definition) is 3. The first-order valence-corrected chi connectivity index (χ1v) is 7.83. The van der Waals surface area contributed by atoms with Crippen LogP contribution in [0.2, 0.25) is 0 Å². The van der Waals surface area contributed by atoms with Crippen LogP contribution in [0.4, 0.5) is 5.69 Å². The van der Waals surface area contributed by atoms with Crippen LogP contribution in [0.3, 0.4) is 0 Å². The Morgan fingerprint density at radius 2 is 2.00 bits per heavy atom. The van der Waals surface area contributed by atoms with E-state index in [4.69, 9.17) is 5.73 Å². The van der Waals surface area contributed by atoms with E-state index in [0.29, 0.717) is 25.0 Å². The molecule has 1 saturated heterocycles. The summed E-state index contributed by atoms with van der Waals surface area (Å²) in [4.78, 5) is 14.6. The highest BCUT2D eigenvalue weighted by Gasteiger charge is 2.28. The zero-order valence-corrected chi connectivity index (χ0v) is 14.6. The van der Waals surface area contributed by atoms with Crippen LogP contribution in [-0.2, 0) is 4.79 Å². The highest BCUT2D eigenvalue weighted by Crippen LogP contribution is 2.23. The lowest BCUT2D eigenvalue weighted by atomic mass is 9.91. The second kappa shape index (κ2) is 8.51. The summed E-state index contributed by atoms with van der Waals surface area (Å²) in [7, 11) is 0. The van der Waals surface area contributed by atoms with Gasteiger partial charge in [0.25, 0.3) is 0 Å². The van der Waals surface area contributed by atoms with Crippen LogP contribution in [0.25, 0.3) is 0 Å². The van der Waals surface area contributed by atoms with Crippen molar-refractivity contribution in [1.29, 1.82) is 0 Å². The van der Waals surface area contributed by atoms with Gasteiger partial charge < -0.3 is 11.1 Å². The van der Waals surface area contributed by atoms with Gasteiger partial charge in [0.15, 0.2) is 0 Å². The Morgan fingerprint density at radius 1 is 1.36 bits per heavy atom. The molecule has 2 unspecified atom stereocenters. The maximum Gasteiger partial charge on any atom is 0.238 e. The van der Waals surface area contributed by atoms with Crippen molar-refractivity contribution < 1.29 is 4.79 Å². The van der Waals surface area contributed by atoms with Crippen molar-refractivity contribution in [1.82, 2.24) is 4.90 Å². The van der Waals surface area contributed by atoms with E-state index in [1.807, 2.05) is 32.0 Å². The first-order chi connectivity index (χ1) is 10.0. The molecule has 4 nitrogen and oxygen atoms in total. The number of nitrogens with one attached hydrogen (secondary N) is 1. The van der Waals surface area contributed by atoms with Gasteiger partial charge in [-0.1, -0.05) is 25.1 Å². The first kappa shape index (κ1) is 18.9. The molecule has 0 aromatic heterocycles. The lowest BCUT2D eigenvalue weighted by Gasteiger charge is -2.39. The molecule has 22 heavy (non-hydrogen) atoms. The number of amides is 1. The van der Waals surface area contributed by atoms with Gasteiger partial charge in [-0.05, 0) is 50.3 Å². The standard InChI is InChI=1S/C17H27N3O.ClH/c1-12-8-5-9-20(15(12)10-18)11-16(21)19-17-13(2)6-4-7-14(17)3;/h4,6-7,12,15H,5,8-11,18H2,1-3H3,(H,19,21);1H. The Balaban J connectivity index is 0.00000242. The van der Waals surface area contributed by atoms with Gasteiger partial charge in [-0.3, -0.25) is 9.69 Å². The Kier molecular flexibility index (Phi) is 7.33. The number of likely N-dealkylation sites (tertiary alicyclic amines) is 1. The van der Waals surface area contributed by atoms with Gasteiger partial charge in [-0.25, -0.2) is 0 Å². The SMILES string of the molecule is Cc1cccc(C)c1NC(=O)CN1CCCC(C)C1CN.Cl. The van der Waals surface area contributed by atoms with E-state index in [-0.39, 0.29) is 18.3 Å². The molecule has 2 rings (SSSR count). The quantitative estimate of drug-likeness (QED) is 0.895. The van der Waals surface area contributed by atoms with Crippen molar-refractivity contribution in [2.75, 3.05) is 25.0 Å². The van der Waals surface area contributed by atoms with Crippen LogP contribution in [0.5, 0.6) is 0 Å². The highest BCUT2D eigenvalue weighted by molar-refractivity contribution is 5.93. The summed E-state index contributed by atoms with van der Waals surface area (Å²) < 4.78 is 0. The van der Waals surface area contributed by atoms with Crippen molar-refractivity contribution in [2.45, 2.75) is 39.7 Å². The number of para-hydroxylation sites is 1. The number of carbonyl (C=O) groups excluding carboxylic acids is 1. The van der Waals surface area contributed by atoms with Gasteiger partial charge in [-0.15, -0.1) is 12.4 Å². The van der Waals surface area contributed by atoms with Crippen LogP contribution in [0.15, 0.2) is 18.2 Å². The van der Waals surface area contributed by atoms with E-state index in [1.165, 1.54) is 6.42 Å². The molecule has 1 aliphatic heterocycles. The Hall–Kier alpha value is -1.10. The molecule has 1 aromatic rings. The minimum Gasteiger partial charge on any atom is -0.329 e. The minimum atomic E-state index is 0. The number of nitrogens with zero attached hydrogens (tertiary/aromatic N) is 1. The summed E-state index contributed by atoms with van der Waals surface area (Å²) in [6.45, 7) is 8.29. The molecular weight excluding hydrogens is 298 g/mol. The summed E-state index contributed by atoms with van der Waals surface area (Å²) in [5.41, 5.74) is 9.03. The van der Waals surface area contributed by atoms with E-state index < -0.39 is 0 Å². The largest absolute Gasteiger partial charge is 0.329 e. The van der Waals surface area contributed by atoms with Crippen molar-refractivity contribution in [2.24, 2.45) is 11.7 Å². The number of halogens is 1. The third kappa shape index (κ3) is 4.45. The molecule has 5 heteroatoms. The van der Waals surface area contributed by atoms with E-state index in [1.54, 1.807) is 0 Å². The normalized spacial score (nSPS) is 22.0. The maximum absolute atomic E-state index is 12.4. The molecule has 3 N–H and O–H groups in total. The van der Waals surface area contributed by atoms with Crippen LogP contribution in [-0.4, -0.2) is 36.5 Å². The first-order valence-electron chi connectivity index (χ1n) is 7.83. The lowest BCUT2D eigenvalue weighted by Crippen LogP contribution is -2.51. The number of nitrogens with two attached hydrogens (primary N) is 1. The average molecular weight is 326 g/mol. The number of carbonyl (C=O) groups is 1. The third-order valence-electron chi connectivity index (χ3n) is 4.56. The highest BCUT2D eigenvalue weighted by atomic mass is 35.5. The molecule has 1 aliphatic rings. The van der Waals surface area contributed by atoms with E-state index in [2.05, 4.69) is 17.1 Å². The van der Waals surface area contributed by atoms with Crippen molar-refractivity contribution >= 4 is 24.0 Å². The summed E-state index contributed by atoms with van der Waals surface area (Å²) in [6.07, 6.45) is 2.35. The van der Waals surface area contributed by atoms with Gasteiger partial charge in [0.05, 0.1) is 6.54 Å². The smallest absolute Gasteiger partial charge is 0.238 e. The third-order valence-corrected chi connectivity index (χ3v) is 4.56. The number of piperidine rings is 1. The average Bonchev–Trinajstić information content (AvgIpc) is 2.43. The molecule has 1 amide bonds. The predicted octanol–water partition coefficient (Wildman–Crippen LogP) is 2.72. The fourth-order valence-corrected chi connectivity index (χ4v) is 3.29. The summed E-state index contributed by atoms with van der Waals surface area (Å²) in [6, 6.07) is 6.38. The summed E-state index contributed by atoms with van der Waals surface area (Å²) in [5.74, 6) is 0.622. The molecule has 0 bridgehead atoms. The van der Waals surface area contributed by atoms with Crippen LogP contribution < -0.4 is 11.1 Å². The zero-order valence-electron chi connectivity index (χ0n) is 13.8. The van der Waals surface area contributed by atoms with Crippen LogP contribution in [0.1, 0.15) is 30.9 Å². The minimum absolute atomic E-state index is 0. The van der Waals surface area contributed by atoms with Gasteiger partial charge in [0.1, 0.15) is 0 Å². The summed E-state index contributed by atoms with van der Waals surface area (Å²) >= 11 is 0. The molecule has 0 aliphatic carbocycles. The number of rotatable bonds is 4. The predicted molar refractivity (Wildman–Crippen MR) is 94.6 cm³/mol. The van der Waals surface area contributed by atoms with Gasteiger partial charge in [0.2, 0.25) is 5.91 Å². The van der Waals surface area contributed by atoms with E-state index >= 15 is 0 Å². The monoisotopic (exact) mass is 325 g/mol. The molecule has 0 spiro atoms. The molecule has 124 valence electrons. The molecule has 0 saturated carbocycles. The molecule has 1 aromatic carbocycles. The van der Waals surface area contributed by atoms with Gasteiger partial charge in [0, 0.05) is 18.3 Å². The topological polar surface area (TPSA) is 58.4 Å². The fraction of sp³-hybridized carbons (Fsp3) is 0.588. The Bertz CT molecular complexity index is 486. The van der Waals surface area contributed by atoms with Crippen molar-refractivity contribution in [3.05, 3.63) is 29.3 Å².